The van der Waals surface area contributed by atoms with Gasteiger partial charge in [0.25, 0.3) is 0 Å². The molecule has 146 valence electrons. The van der Waals surface area contributed by atoms with Crippen molar-refractivity contribution in [2.45, 2.75) is 38.5 Å². The molecule has 2 aromatic rings. The van der Waals surface area contributed by atoms with Crippen LogP contribution in [0.4, 0.5) is 24.8 Å². The number of alkyl halides is 3. The molecule has 1 fully saturated rings. The summed E-state index contributed by atoms with van der Waals surface area (Å²) < 4.78 is 39.4. The van der Waals surface area contributed by atoms with Crippen LogP contribution in [0.25, 0.3) is 0 Å². The van der Waals surface area contributed by atoms with Crippen molar-refractivity contribution in [2.75, 3.05) is 23.7 Å². The third-order valence-electron chi connectivity index (χ3n) is 4.41. The Morgan fingerprint density at radius 1 is 1.41 bits per heavy atom. The highest BCUT2D eigenvalue weighted by Crippen LogP contribution is 2.29. The summed E-state index contributed by atoms with van der Waals surface area (Å²) in [4.78, 5) is 18.1. The number of carbonyl (C=O) groups excluding carboxylic acids is 1. The molecule has 0 radical (unpaired) electrons. The molecule has 7 nitrogen and oxygen atoms in total. The molecular formula is C17H21F3N6O. The summed E-state index contributed by atoms with van der Waals surface area (Å²) in [6, 6.07) is 3.95. The number of nitrogens with zero attached hydrogens (tertiary/aromatic N) is 4. The van der Waals surface area contributed by atoms with Crippen LogP contribution < -0.4 is 16.0 Å². The highest BCUT2D eigenvalue weighted by molar-refractivity contribution is 5.76. The summed E-state index contributed by atoms with van der Waals surface area (Å²) in [6.45, 7) is 2.98. The van der Waals surface area contributed by atoms with Gasteiger partial charge in [0.05, 0.1) is 11.3 Å². The van der Waals surface area contributed by atoms with Crippen molar-refractivity contribution < 1.29 is 18.0 Å². The van der Waals surface area contributed by atoms with Crippen LogP contribution in [0.5, 0.6) is 0 Å². The largest absolute Gasteiger partial charge is 0.417 e. The van der Waals surface area contributed by atoms with Crippen LogP contribution in [0.1, 0.15) is 24.1 Å². The second-order valence-corrected chi connectivity index (χ2v) is 6.62. The summed E-state index contributed by atoms with van der Waals surface area (Å²) in [5, 5.41) is 7.09. The lowest BCUT2D eigenvalue weighted by molar-refractivity contribution is -0.137. The maximum Gasteiger partial charge on any atom is 0.417 e. The van der Waals surface area contributed by atoms with E-state index >= 15 is 0 Å². The van der Waals surface area contributed by atoms with Crippen molar-refractivity contribution in [3.05, 3.63) is 35.7 Å². The first kappa shape index (κ1) is 19.0. The standard InChI is InChI=1S/C17H21F3N6O/c1-11-7-14(21)26(24-11)10-16(27)23-13-3-2-6-25(9-13)15-5-4-12(8-22-15)17(18,19)20/h4-5,7-8,13H,2-3,6,9-10,21H2,1H3,(H,23,27). The Bertz CT molecular complexity index is 802. The van der Waals surface area contributed by atoms with E-state index in [0.717, 1.165) is 30.8 Å². The van der Waals surface area contributed by atoms with E-state index in [0.29, 0.717) is 24.7 Å². The zero-order chi connectivity index (χ0) is 19.6. The van der Waals surface area contributed by atoms with Crippen molar-refractivity contribution in [2.24, 2.45) is 0 Å². The van der Waals surface area contributed by atoms with Crippen LogP contribution in [0.2, 0.25) is 0 Å². The number of nitrogens with one attached hydrogen (secondary N) is 1. The van der Waals surface area contributed by atoms with Crippen LogP contribution in [-0.2, 0) is 17.5 Å². The number of nitrogens with two attached hydrogens (primary N) is 1. The number of piperidine rings is 1. The van der Waals surface area contributed by atoms with Crippen LogP contribution >= 0.6 is 0 Å². The minimum absolute atomic E-state index is 0.0225. The van der Waals surface area contributed by atoms with Crippen molar-refractivity contribution in [3.8, 4) is 0 Å². The Balaban J connectivity index is 1.59. The van der Waals surface area contributed by atoms with E-state index in [9.17, 15) is 18.0 Å². The third kappa shape index (κ3) is 4.69. The van der Waals surface area contributed by atoms with E-state index in [4.69, 9.17) is 5.73 Å². The molecule has 0 spiro atoms. The Morgan fingerprint density at radius 3 is 2.78 bits per heavy atom. The molecule has 2 aromatic heterocycles. The van der Waals surface area contributed by atoms with Gasteiger partial charge in [-0.2, -0.15) is 18.3 Å². The lowest BCUT2D eigenvalue weighted by Crippen LogP contribution is -2.48. The van der Waals surface area contributed by atoms with Crippen LogP contribution in [0.3, 0.4) is 0 Å². The topological polar surface area (TPSA) is 89.1 Å². The van der Waals surface area contributed by atoms with Gasteiger partial charge in [-0.1, -0.05) is 0 Å². The van der Waals surface area contributed by atoms with Crippen molar-refractivity contribution in [1.29, 1.82) is 0 Å². The summed E-state index contributed by atoms with van der Waals surface area (Å²) >= 11 is 0. The number of pyridine rings is 1. The van der Waals surface area contributed by atoms with E-state index in [1.54, 1.807) is 13.0 Å². The molecule has 10 heteroatoms. The Labute approximate surface area is 154 Å². The molecule has 1 atom stereocenters. The van der Waals surface area contributed by atoms with Crippen LogP contribution in [0, 0.1) is 6.92 Å². The second-order valence-electron chi connectivity index (χ2n) is 6.62. The minimum atomic E-state index is -4.41. The SMILES string of the molecule is Cc1cc(N)n(CC(=O)NC2CCCN(c3ccc(C(F)(F)F)cn3)C2)n1. The molecule has 3 rings (SSSR count). The highest BCUT2D eigenvalue weighted by atomic mass is 19.4. The lowest BCUT2D eigenvalue weighted by atomic mass is 10.1. The van der Waals surface area contributed by atoms with Gasteiger partial charge >= 0.3 is 6.18 Å². The van der Waals surface area contributed by atoms with Crippen molar-refractivity contribution >= 4 is 17.5 Å². The molecular weight excluding hydrogens is 361 g/mol. The van der Waals surface area contributed by atoms with E-state index in [1.165, 1.54) is 10.7 Å². The monoisotopic (exact) mass is 382 g/mol. The number of anilines is 2. The lowest BCUT2D eigenvalue weighted by Gasteiger charge is -2.34. The molecule has 1 amide bonds. The van der Waals surface area contributed by atoms with Gasteiger partial charge in [0, 0.05) is 31.4 Å². The van der Waals surface area contributed by atoms with Gasteiger partial charge in [-0.25, -0.2) is 9.67 Å². The van der Waals surface area contributed by atoms with E-state index < -0.39 is 11.7 Å². The van der Waals surface area contributed by atoms with Crippen molar-refractivity contribution in [3.63, 3.8) is 0 Å². The van der Waals surface area contributed by atoms with Gasteiger partial charge < -0.3 is 16.0 Å². The average Bonchev–Trinajstić information content (AvgIpc) is 2.91. The minimum Gasteiger partial charge on any atom is -0.384 e. The molecule has 1 aliphatic heterocycles. The first-order valence-corrected chi connectivity index (χ1v) is 8.60. The van der Waals surface area contributed by atoms with Gasteiger partial charge in [-0.15, -0.1) is 0 Å². The fourth-order valence-electron chi connectivity index (χ4n) is 3.15. The molecule has 3 heterocycles. The molecule has 0 saturated carbocycles. The Kier molecular flexibility index (Phi) is 5.24. The highest BCUT2D eigenvalue weighted by Gasteiger charge is 2.31. The molecule has 0 bridgehead atoms. The molecule has 1 unspecified atom stereocenters. The second kappa shape index (κ2) is 7.45. The number of aryl methyl sites for hydroxylation is 1. The molecule has 0 aromatic carbocycles. The zero-order valence-electron chi connectivity index (χ0n) is 14.8. The predicted octanol–water partition coefficient (Wildman–Crippen LogP) is 1.97. The fraction of sp³-hybridized carbons (Fsp3) is 0.471. The third-order valence-corrected chi connectivity index (χ3v) is 4.41. The molecule has 1 aliphatic rings. The Hall–Kier alpha value is -2.78. The summed E-state index contributed by atoms with van der Waals surface area (Å²) in [6.07, 6.45) is -1.98. The van der Waals surface area contributed by atoms with Crippen LogP contribution in [-0.4, -0.2) is 39.8 Å². The van der Waals surface area contributed by atoms with Gasteiger partial charge in [0.2, 0.25) is 5.91 Å². The Morgan fingerprint density at radius 2 is 2.19 bits per heavy atom. The number of halogens is 3. The maximum atomic E-state index is 12.7. The number of hydrogen-bond donors (Lipinski definition) is 2. The fourth-order valence-corrected chi connectivity index (χ4v) is 3.15. The summed E-state index contributed by atoms with van der Waals surface area (Å²) in [5.41, 5.74) is 5.74. The predicted molar refractivity (Wildman–Crippen MR) is 94.0 cm³/mol. The summed E-state index contributed by atoms with van der Waals surface area (Å²) in [7, 11) is 0. The zero-order valence-corrected chi connectivity index (χ0v) is 14.8. The smallest absolute Gasteiger partial charge is 0.384 e. The van der Waals surface area contributed by atoms with E-state index in [2.05, 4.69) is 15.4 Å². The quantitative estimate of drug-likeness (QED) is 0.844. The van der Waals surface area contributed by atoms with Gasteiger partial charge in [-0.05, 0) is 31.9 Å². The van der Waals surface area contributed by atoms with Gasteiger partial charge in [-0.3, -0.25) is 4.79 Å². The average molecular weight is 382 g/mol. The molecule has 3 N–H and O–H groups in total. The number of hydrogen-bond acceptors (Lipinski definition) is 5. The number of amides is 1. The first-order valence-electron chi connectivity index (χ1n) is 8.60. The van der Waals surface area contributed by atoms with Crippen LogP contribution in [0.15, 0.2) is 24.4 Å². The number of rotatable bonds is 4. The van der Waals surface area contributed by atoms with E-state index in [-0.39, 0.29) is 18.5 Å². The number of nitrogen functional groups attached to an aromatic ring is 1. The molecule has 1 saturated heterocycles. The molecule has 27 heavy (non-hydrogen) atoms. The van der Waals surface area contributed by atoms with E-state index in [1.807, 2.05) is 4.90 Å². The van der Waals surface area contributed by atoms with Gasteiger partial charge in [0.1, 0.15) is 18.2 Å². The van der Waals surface area contributed by atoms with Crippen molar-refractivity contribution in [1.82, 2.24) is 20.1 Å². The maximum absolute atomic E-state index is 12.7. The number of aromatic nitrogens is 3. The number of carbonyl (C=O) groups is 1. The first-order chi connectivity index (χ1) is 12.7. The summed E-state index contributed by atoms with van der Waals surface area (Å²) in [5.74, 6) is 0.674. The molecule has 0 aliphatic carbocycles. The normalized spacial score (nSPS) is 17.8. The van der Waals surface area contributed by atoms with Gasteiger partial charge in [0.15, 0.2) is 0 Å².